The molecule has 1 aromatic carbocycles. The van der Waals surface area contributed by atoms with Crippen LogP contribution in [-0.2, 0) is 16.0 Å². The van der Waals surface area contributed by atoms with Gasteiger partial charge in [0, 0.05) is 23.8 Å². The molecule has 2 aliphatic heterocycles. The van der Waals surface area contributed by atoms with Gasteiger partial charge >= 0.3 is 0 Å². The van der Waals surface area contributed by atoms with Crippen molar-refractivity contribution in [3.05, 3.63) is 68.1 Å². The highest BCUT2D eigenvalue weighted by Crippen LogP contribution is 2.27. The first-order valence-corrected chi connectivity index (χ1v) is 16.9. The van der Waals surface area contributed by atoms with Crippen LogP contribution in [0.15, 0.2) is 41.1 Å². The van der Waals surface area contributed by atoms with Crippen LogP contribution in [0.2, 0.25) is 0 Å². The lowest BCUT2D eigenvalue weighted by molar-refractivity contribution is -0.138. The lowest BCUT2D eigenvalue weighted by Crippen LogP contribution is -2.52. The molecule has 5 rings (SSSR count). The molecule has 4 heterocycles. The van der Waals surface area contributed by atoms with E-state index in [0.717, 1.165) is 31.4 Å². The second-order valence-electron chi connectivity index (χ2n) is 11.5. The minimum atomic E-state index is -0.495. The van der Waals surface area contributed by atoms with Gasteiger partial charge in [0.05, 0.1) is 24.7 Å². The molecule has 1 unspecified atom stereocenters. The van der Waals surface area contributed by atoms with E-state index in [9.17, 15) is 19.2 Å². The highest BCUT2D eigenvalue weighted by Gasteiger charge is 2.29. The third kappa shape index (κ3) is 8.07. The summed E-state index contributed by atoms with van der Waals surface area (Å²) in [6, 6.07) is 8.53. The van der Waals surface area contributed by atoms with Gasteiger partial charge in [0.1, 0.15) is 21.4 Å². The fourth-order valence-corrected chi connectivity index (χ4v) is 7.26. The molecule has 4 bridgehead atoms. The standard InChI is InChI=1S/C31H39N7O4S2/c1-19(2)26-30-36-23(17-44-30)27(40)33-13-8-14-38(31(42)21-11-6-7-12-32-21)16-25(39)34-22(15-20-9-4-3-5-10-20)29-35-24(18-43-29)28(41)37-26/h3-5,9-10,17-19,21-22,26,32H,6-8,11-16H2,1-2H3,(H,33,40)(H,34,39)(H,37,41)/t21-,22?,26+/m1/s1. The number of nitrogens with one attached hydrogen (secondary N) is 4. The molecule has 2 aliphatic rings. The zero-order valence-electron chi connectivity index (χ0n) is 25.0. The SMILES string of the molecule is CC(C)[C@@H]1NC(=O)c2csc(n2)C(Cc2ccccc2)NC(=O)CN(C(=O)[C@H]2CCCCN2)CCCNC(=O)c2csc1n2. The number of aromatic nitrogens is 2. The molecule has 4 amide bonds. The minimum absolute atomic E-state index is 0.0144. The third-order valence-corrected chi connectivity index (χ3v) is 9.68. The van der Waals surface area contributed by atoms with Crippen LogP contribution in [0.4, 0.5) is 0 Å². The Morgan fingerprint density at radius 3 is 2.39 bits per heavy atom. The smallest absolute Gasteiger partial charge is 0.271 e. The predicted molar refractivity (Wildman–Crippen MR) is 169 cm³/mol. The number of thiazole rings is 2. The minimum Gasteiger partial charge on any atom is -0.351 e. The number of carbonyl (C=O) groups is 4. The fraction of sp³-hybridized carbons (Fsp3) is 0.484. The summed E-state index contributed by atoms with van der Waals surface area (Å²) >= 11 is 2.64. The van der Waals surface area contributed by atoms with E-state index in [2.05, 4.69) is 31.2 Å². The predicted octanol–water partition coefficient (Wildman–Crippen LogP) is 3.23. The maximum Gasteiger partial charge on any atom is 0.271 e. The Hall–Kier alpha value is -3.68. The zero-order chi connectivity index (χ0) is 31.1. The van der Waals surface area contributed by atoms with Gasteiger partial charge < -0.3 is 26.2 Å². The van der Waals surface area contributed by atoms with Gasteiger partial charge in [-0.15, -0.1) is 22.7 Å². The number of carbonyl (C=O) groups excluding carboxylic acids is 4. The number of hydrogen-bond donors (Lipinski definition) is 4. The molecule has 13 heteroatoms. The molecule has 234 valence electrons. The number of amides is 4. The van der Waals surface area contributed by atoms with Gasteiger partial charge in [-0.2, -0.15) is 0 Å². The molecule has 11 nitrogen and oxygen atoms in total. The summed E-state index contributed by atoms with van der Waals surface area (Å²) in [4.78, 5) is 64.1. The van der Waals surface area contributed by atoms with E-state index in [1.54, 1.807) is 15.7 Å². The number of rotatable bonds is 4. The van der Waals surface area contributed by atoms with Crippen molar-refractivity contribution in [1.82, 2.24) is 36.1 Å². The second-order valence-corrected chi connectivity index (χ2v) is 13.3. The molecule has 3 atom stereocenters. The monoisotopic (exact) mass is 637 g/mol. The van der Waals surface area contributed by atoms with Crippen LogP contribution in [0, 0.1) is 5.92 Å². The van der Waals surface area contributed by atoms with Gasteiger partial charge in [0.2, 0.25) is 11.8 Å². The van der Waals surface area contributed by atoms with Crippen LogP contribution in [0.3, 0.4) is 0 Å². The zero-order valence-corrected chi connectivity index (χ0v) is 26.6. The lowest BCUT2D eigenvalue weighted by Gasteiger charge is -2.30. The van der Waals surface area contributed by atoms with Crippen molar-refractivity contribution in [2.75, 3.05) is 26.2 Å². The van der Waals surface area contributed by atoms with E-state index in [1.165, 1.54) is 22.7 Å². The average molecular weight is 638 g/mol. The lowest BCUT2D eigenvalue weighted by atomic mass is 10.0. The quantitative estimate of drug-likeness (QED) is 0.344. The Morgan fingerprint density at radius 1 is 0.932 bits per heavy atom. The van der Waals surface area contributed by atoms with Gasteiger partial charge in [0.25, 0.3) is 11.8 Å². The molecule has 1 saturated heterocycles. The fourth-order valence-electron chi connectivity index (χ4n) is 5.39. The highest BCUT2D eigenvalue weighted by atomic mass is 32.1. The second kappa shape index (κ2) is 14.9. The average Bonchev–Trinajstić information content (AvgIpc) is 3.72. The van der Waals surface area contributed by atoms with Crippen molar-refractivity contribution in [2.24, 2.45) is 5.92 Å². The number of piperidine rings is 1. The Morgan fingerprint density at radius 2 is 1.66 bits per heavy atom. The van der Waals surface area contributed by atoms with E-state index in [-0.39, 0.29) is 53.5 Å². The van der Waals surface area contributed by atoms with Gasteiger partial charge in [-0.05, 0) is 43.7 Å². The summed E-state index contributed by atoms with van der Waals surface area (Å²) in [5, 5.41) is 16.9. The number of nitrogens with zero attached hydrogens (tertiary/aromatic N) is 3. The normalized spacial score (nSPS) is 22.3. The van der Waals surface area contributed by atoms with Crippen molar-refractivity contribution >= 4 is 46.3 Å². The van der Waals surface area contributed by atoms with Crippen molar-refractivity contribution in [2.45, 2.75) is 64.1 Å². The van der Waals surface area contributed by atoms with E-state index in [0.29, 0.717) is 35.9 Å². The van der Waals surface area contributed by atoms with Crippen LogP contribution in [0.25, 0.3) is 0 Å². The molecule has 2 aromatic heterocycles. The maximum atomic E-state index is 13.5. The Labute approximate surface area is 265 Å². The molecule has 44 heavy (non-hydrogen) atoms. The number of hydrogen-bond acceptors (Lipinski definition) is 9. The third-order valence-electron chi connectivity index (χ3n) is 7.79. The summed E-state index contributed by atoms with van der Waals surface area (Å²) < 4.78 is 0. The van der Waals surface area contributed by atoms with Crippen molar-refractivity contribution in [1.29, 1.82) is 0 Å². The Bertz CT molecular complexity index is 1450. The number of fused-ring (bicyclic) bond motifs is 4. The molecule has 4 N–H and O–H groups in total. The molecular weight excluding hydrogens is 599 g/mol. The number of benzene rings is 1. The first-order chi connectivity index (χ1) is 21.3. The van der Waals surface area contributed by atoms with E-state index < -0.39 is 12.1 Å². The topological polar surface area (TPSA) is 145 Å². The maximum absolute atomic E-state index is 13.5. The Balaban J connectivity index is 1.44. The van der Waals surface area contributed by atoms with Crippen LogP contribution < -0.4 is 21.3 Å². The summed E-state index contributed by atoms with van der Waals surface area (Å²) in [5.41, 5.74) is 1.53. The molecule has 0 spiro atoms. The van der Waals surface area contributed by atoms with Crippen LogP contribution >= 0.6 is 22.7 Å². The van der Waals surface area contributed by atoms with Gasteiger partial charge in [-0.25, -0.2) is 9.97 Å². The van der Waals surface area contributed by atoms with Crippen LogP contribution in [0.5, 0.6) is 0 Å². The molecule has 3 aromatic rings. The first-order valence-electron chi connectivity index (χ1n) is 15.1. The van der Waals surface area contributed by atoms with Gasteiger partial charge in [-0.1, -0.05) is 50.6 Å². The summed E-state index contributed by atoms with van der Waals surface area (Å²) in [7, 11) is 0. The Kier molecular flexibility index (Phi) is 10.7. The van der Waals surface area contributed by atoms with E-state index >= 15 is 0 Å². The highest BCUT2D eigenvalue weighted by molar-refractivity contribution is 7.10. The summed E-state index contributed by atoms with van der Waals surface area (Å²) in [6.45, 7) is 5.23. The molecule has 0 radical (unpaired) electrons. The molecule has 0 saturated carbocycles. The van der Waals surface area contributed by atoms with Crippen molar-refractivity contribution < 1.29 is 19.2 Å². The summed E-state index contributed by atoms with van der Waals surface area (Å²) in [5.74, 6) is -1.09. The summed E-state index contributed by atoms with van der Waals surface area (Å²) in [6.07, 6.45) is 3.63. The molecule has 0 aliphatic carbocycles. The van der Waals surface area contributed by atoms with Crippen molar-refractivity contribution in [3.8, 4) is 0 Å². The van der Waals surface area contributed by atoms with Crippen LogP contribution in [-0.4, -0.2) is 70.7 Å². The van der Waals surface area contributed by atoms with E-state index in [1.807, 2.05) is 44.2 Å². The molecular formula is C31H39N7O4S2. The van der Waals surface area contributed by atoms with Crippen molar-refractivity contribution in [3.63, 3.8) is 0 Å². The first kappa shape index (κ1) is 31.7. The van der Waals surface area contributed by atoms with E-state index in [4.69, 9.17) is 0 Å². The van der Waals surface area contributed by atoms with Gasteiger partial charge in [-0.3, -0.25) is 19.2 Å². The molecule has 1 fully saturated rings. The van der Waals surface area contributed by atoms with Crippen LogP contribution in [0.1, 0.15) is 88.2 Å². The van der Waals surface area contributed by atoms with Gasteiger partial charge in [0.15, 0.2) is 0 Å². The largest absolute Gasteiger partial charge is 0.351 e.